The van der Waals surface area contributed by atoms with Crippen LogP contribution in [-0.2, 0) is 14.3 Å². The number of allylic oxidation sites excluding steroid dienone is 1. The second-order valence-corrected chi connectivity index (χ2v) is 3.95. The van der Waals surface area contributed by atoms with Gasteiger partial charge in [-0.05, 0) is 19.8 Å². The first-order valence-electron chi connectivity index (χ1n) is 5.45. The van der Waals surface area contributed by atoms with Crippen molar-refractivity contribution in [2.75, 3.05) is 13.7 Å². The van der Waals surface area contributed by atoms with Gasteiger partial charge < -0.3 is 9.64 Å². The molecule has 0 aliphatic rings. The first-order valence-corrected chi connectivity index (χ1v) is 5.45. The second-order valence-electron chi connectivity index (χ2n) is 3.95. The van der Waals surface area contributed by atoms with Crippen LogP contribution in [0.2, 0.25) is 0 Å². The van der Waals surface area contributed by atoms with E-state index in [2.05, 4.69) is 0 Å². The lowest BCUT2D eigenvalue weighted by atomic mass is 10.0. The van der Waals surface area contributed by atoms with E-state index in [9.17, 15) is 9.59 Å². The predicted octanol–water partition coefficient (Wildman–Crippen LogP) is 1.96. The van der Waals surface area contributed by atoms with E-state index in [4.69, 9.17) is 4.74 Å². The maximum Gasteiger partial charge on any atom is 0.336 e. The van der Waals surface area contributed by atoms with Crippen LogP contribution >= 0.6 is 0 Å². The van der Waals surface area contributed by atoms with Gasteiger partial charge >= 0.3 is 5.97 Å². The summed E-state index contributed by atoms with van der Waals surface area (Å²) in [5.74, 6) is -0.413. The molecule has 0 N–H and O–H groups in total. The zero-order chi connectivity index (χ0) is 12.9. The number of ether oxygens (including phenoxy) is 1. The van der Waals surface area contributed by atoms with Gasteiger partial charge in [0.05, 0.1) is 12.2 Å². The summed E-state index contributed by atoms with van der Waals surface area (Å²) in [4.78, 5) is 24.4. The normalized spacial score (nSPS) is 12.2. The zero-order valence-electron chi connectivity index (χ0n) is 11.0. The Bertz CT molecular complexity index is 305. The fourth-order valence-corrected chi connectivity index (χ4v) is 1.43. The molecule has 0 aromatic heterocycles. The van der Waals surface area contributed by atoms with Crippen molar-refractivity contribution in [2.45, 2.75) is 34.6 Å². The minimum atomic E-state index is -0.344. The lowest BCUT2D eigenvalue weighted by Crippen LogP contribution is -2.26. The molecule has 0 radical (unpaired) electrons. The van der Waals surface area contributed by atoms with Crippen molar-refractivity contribution in [3.63, 3.8) is 0 Å². The van der Waals surface area contributed by atoms with Crippen molar-refractivity contribution in [3.05, 3.63) is 11.3 Å². The maximum atomic E-state index is 11.7. The fraction of sp³-hybridized carbons (Fsp3) is 0.667. The number of amides is 1. The Morgan fingerprint density at radius 1 is 1.25 bits per heavy atom. The van der Waals surface area contributed by atoms with Crippen LogP contribution in [0.3, 0.4) is 0 Å². The predicted molar refractivity (Wildman–Crippen MR) is 62.6 cm³/mol. The third kappa shape index (κ3) is 3.68. The van der Waals surface area contributed by atoms with Crippen molar-refractivity contribution in [3.8, 4) is 0 Å². The first kappa shape index (κ1) is 14.7. The van der Waals surface area contributed by atoms with Crippen molar-refractivity contribution in [1.29, 1.82) is 0 Å². The maximum absolute atomic E-state index is 11.7. The van der Waals surface area contributed by atoms with Crippen LogP contribution < -0.4 is 0 Å². The van der Waals surface area contributed by atoms with E-state index < -0.39 is 0 Å². The number of carbonyl (C=O) groups is 2. The molecule has 0 aliphatic carbocycles. The van der Waals surface area contributed by atoms with Crippen LogP contribution in [-0.4, -0.2) is 30.4 Å². The number of hydrogen-bond donors (Lipinski definition) is 0. The second kappa shape index (κ2) is 6.30. The average Bonchev–Trinajstić information content (AvgIpc) is 2.16. The van der Waals surface area contributed by atoms with Gasteiger partial charge in [-0.3, -0.25) is 4.79 Å². The molecule has 0 unspecified atom stereocenters. The molecule has 0 saturated carbocycles. The highest BCUT2D eigenvalue weighted by Crippen LogP contribution is 2.18. The van der Waals surface area contributed by atoms with Gasteiger partial charge in [-0.25, -0.2) is 4.79 Å². The average molecular weight is 227 g/mol. The molecule has 0 aromatic carbocycles. The molecule has 0 atom stereocenters. The van der Waals surface area contributed by atoms with Crippen LogP contribution in [0.4, 0.5) is 0 Å². The van der Waals surface area contributed by atoms with Gasteiger partial charge in [-0.2, -0.15) is 0 Å². The summed E-state index contributed by atoms with van der Waals surface area (Å²) in [6, 6.07) is 0. The number of nitrogens with zero attached hydrogens (tertiary/aromatic N) is 1. The molecule has 0 bridgehead atoms. The summed E-state index contributed by atoms with van der Waals surface area (Å²) in [6.07, 6.45) is 0. The minimum absolute atomic E-state index is 0.0286. The summed E-state index contributed by atoms with van der Waals surface area (Å²) < 4.78 is 4.98. The van der Waals surface area contributed by atoms with E-state index in [1.165, 1.54) is 11.8 Å². The first-order chi connectivity index (χ1) is 7.32. The summed E-state index contributed by atoms with van der Waals surface area (Å²) in [5, 5.41) is 0. The molecular formula is C12H21NO3. The Labute approximate surface area is 97.3 Å². The van der Waals surface area contributed by atoms with Gasteiger partial charge in [0, 0.05) is 19.7 Å². The molecule has 16 heavy (non-hydrogen) atoms. The Balaban J connectivity index is 5.23. The summed E-state index contributed by atoms with van der Waals surface area (Å²) in [5.41, 5.74) is 1.21. The number of rotatable bonds is 4. The molecule has 0 heterocycles. The van der Waals surface area contributed by atoms with Crippen molar-refractivity contribution in [1.82, 2.24) is 4.90 Å². The third-order valence-electron chi connectivity index (χ3n) is 2.44. The molecular weight excluding hydrogens is 206 g/mol. The SMILES string of the molecule is CCOC(=O)/C(=C(\C)N(C)C(C)=O)C(C)C. The smallest absolute Gasteiger partial charge is 0.336 e. The van der Waals surface area contributed by atoms with E-state index in [0.29, 0.717) is 17.9 Å². The Kier molecular flexibility index (Phi) is 5.78. The summed E-state index contributed by atoms with van der Waals surface area (Å²) in [7, 11) is 1.65. The lowest BCUT2D eigenvalue weighted by molar-refractivity contribution is -0.139. The molecule has 0 aromatic rings. The van der Waals surface area contributed by atoms with Gasteiger partial charge in [-0.1, -0.05) is 13.8 Å². The quantitative estimate of drug-likeness (QED) is 0.545. The van der Waals surface area contributed by atoms with E-state index in [0.717, 1.165) is 0 Å². The number of hydrogen-bond acceptors (Lipinski definition) is 3. The topological polar surface area (TPSA) is 46.6 Å². The standard InChI is InChI=1S/C12H21NO3/c1-7-16-12(15)11(8(2)3)9(4)13(6)10(5)14/h8H,7H2,1-6H3/b11-9+. The molecule has 0 aliphatic heterocycles. The Morgan fingerprint density at radius 3 is 2.06 bits per heavy atom. The lowest BCUT2D eigenvalue weighted by Gasteiger charge is -2.21. The van der Waals surface area contributed by atoms with Gasteiger partial charge in [0.2, 0.25) is 5.91 Å². The third-order valence-corrected chi connectivity index (χ3v) is 2.44. The molecule has 1 amide bonds. The minimum Gasteiger partial charge on any atom is -0.463 e. The van der Waals surface area contributed by atoms with Crippen LogP contribution in [0.1, 0.15) is 34.6 Å². The Morgan fingerprint density at radius 2 is 1.75 bits per heavy atom. The fourth-order valence-electron chi connectivity index (χ4n) is 1.43. The molecule has 0 spiro atoms. The number of esters is 1. The summed E-state index contributed by atoms with van der Waals surface area (Å²) in [6.45, 7) is 9.14. The monoisotopic (exact) mass is 227 g/mol. The van der Waals surface area contributed by atoms with E-state index in [1.54, 1.807) is 20.9 Å². The van der Waals surface area contributed by atoms with Gasteiger partial charge in [-0.15, -0.1) is 0 Å². The molecule has 92 valence electrons. The number of carbonyl (C=O) groups excluding carboxylic acids is 2. The zero-order valence-corrected chi connectivity index (χ0v) is 11.0. The van der Waals surface area contributed by atoms with Gasteiger partial charge in [0.1, 0.15) is 0 Å². The highest BCUT2D eigenvalue weighted by Gasteiger charge is 2.21. The van der Waals surface area contributed by atoms with E-state index >= 15 is 0 Å². The van der Waals surface area contributed by atoms with Gasteiger partial charge in [0.25, 0.3) is 0 Å². The van der Waals surface area contributed by atoms with Crippen molar-refractivity contribution >= 4 is 11.9 Å². The largest absolute Gasteiger partial charge is 0.463 e. The molecule has 0 saturated heterocycles. The van der Waals surface area contributed by atoms with E-state index in [1.807, 2.05) is 13.8 Å². The van der Waals surface area contributed by atoms with Crippen molar-refractivity contribution < 1.29 is 14.3 Å². The van der Waals surface area contributed by atoms with Crippen LogP contribution in [0.15, 0.2) is 11.3 Å². The highest BCUT2D eigenvalue weighted by atomic mass is 16.5. The molecule has 0 fully saturated rings. The van der Waals surface area contributed by atoms with Gasteiger partial charge in [0.15, 0.2) is 0 Å². The summed E-state index contributed by atoms with van der Waals surface area (Å²) >= 11 is 0. The Hall–Kier alpha value is -1.32. The molecule has 0 rings (SSSR count). The van der Waals surface area contributed by atoms with Crippen LogP contribution in [0, 0.1) is 5.92 Å². The molecule has 4 nitrogen and oxygen atoms in total. The van der Waals surface area contributed by atoms with Crippen molar-refractivity contribution in [2.24, 2.45) is 5.92 Å². The van der Waals surface area contributed by atoms with E-state index in [-0.39, 0.29) is 17.8 Å². The molecule has 4 heteroatoms. The van der Waals surface area contributed by atoms with Crippen LogP contribution in [0.25, 0.3) is 0 Å². The highest BCUT2D eigenvalue weighted by molar-refractivity contribution is 5.90. The van der Waals surface area contributed by atoms with Crippen LogP contribution in [0.5, 0.6) is 0 Å².